The monoisotopic (exact) mass is 459 g/mol. The van der Waals surface area contributed by atoms with Gasteiger partial charge in [0.15, 0.2) is 5.11 Å². The number of thiocarbonyl (C=S) groups is 1. The normalized spacial score (nSPS) is 15.5. The molecule has 1 aromatic heterocycles. The van der Waals surface area contributed by atoms with E-state index < -0.39 is 17.8 Å². The van der Waals surface area contributed by atoms with Crippen molar-refractivity contribution in [3.8, 4) is 5.69 Å². The van der Waals surface area contributed by atoms with Crippen molar-refractivity contribution in [2.24, 2.45) is 0 Å². The Morgan fingerprint density at radius 3 is 2.27 bits per heavy atom. The van der Waals surface area contributed by atoms with Crippen LogP contribution < -0.4 is 4.90 Å². The largest absolute Gasteiger partial charge is 0.478 e. The summed E-state index contributed by atoms with van der Waals surface area (Å²) in [5, 5.41) is 9.44. The topological polar surface area (TPSA) is 82.9 Å². The molecule has 3 aromatic rings. The number of rotatable bonds is 4. The average Bonchev–Trinajstić information content (AvgIpc) is 3.09. The highest BCUT2D eigenvalue weighted by atomic mass is 32.1. The third-order valence-electron chi connectivity index (χ3n) is 5.58. The number of anilines is 1. The summed E-state index contributed by atoms with van der Waals surface area (Å²) in [5.41, 5.74) is 3.71. The first-order valence-electron chi connectivity index (χ1n) is 10.2. The van der Waals surface area contributed by atoms with Gasteiger partial charge in [-0.1, -0.05) is 24.3 Å². The summed E-state index contributed by atoms with van der Waals surface area (Å²) >= 11 is 5.38. The Morgan fingerprint density at radius 2 is 1.61 bits per heavy atom. The molecule has 1 aliphatic heterocycles. The van der Waals surface area contributed by atoms with Crippen molar-refractivity contribution in [3.63, 3.8) is 0 Å². The van der Waals surface area contributed by atoms with Crippen LogP contribution >= 0.6 is 12.2 Å². The second-order valence-electron chi connectivity index (χ2n) is 7.70. The standard InChI is InChI=1S/C25H21N3O4S/c1-15-12-18(16(2)27(15)20-11-7-8-17(13-20)24(31)32)14-21-22(29)26(3)25(33)28(23(21)30)19-9-5-4-6-10-19/h4-14H,1-3H3,(H,31,32)/b21-14+. The van der Waals surface area contributed by atoms with Crippen molar-refractivity contribution < 1.29 is 19.5 Å². The molecular formula is C25H21N3O4S. The molecule has 4 rings (SSSR count). The van der Waals surface area contributed by atoms with Gasteiger partial charge in [-0.3, -0.25) is 19.4 Å². The molecule has 2 amide bonds. The summed E-state index contributed by atoms with van der Waals surface area (Å²) < 4.78 is 1.89. The van der Waals surface area contributed by atoms with Gasteiger partial charge >= 0.3 is 5.97 Å². The highest BCUT2D eigenvalue weighted by molar-refractivity contribution is 7.80. The van der Waals surface area contributed by atoms with Crippen LogP contribution in [0.5, 0.6) is 0 Å². The molecule has 0 aliphatic carbocycles. The number of hydrogen-bond acceptors (Lipinski definition) is 4. The fourth-order valence-corrected chi connectivity index (χ4v) is 4.18. The lowest BCUT2D eigenvalue weighted by molar-refractivity contribution is -0.127. The number of carbonyl (C=O) groups excluding carboxylic acids is 2. The molecule has 0 spiro atoms. The van der Waals surface area contributed by atoms with Gasteiger partial charge in [0.2, 0.25) is 0 Å². The predicted molar refractivity (Wildman–Crippen MR) is 129 cm³/mol. The summed E-state index contributed by atoms with van der Waals surface area (Å²) in [6.45, 7) is 3.73. The molecule has 166 valence electrons. The van der Waals surface area contributed by atoms with Crippen molar-refractivity contribution in [3.05, 3.63) is 88.8 Å². The van der Waals surface area contributed by atoms with Crippen LogP contribution in [-0.4, -0.2) is 44.5 Å². The number of benzene rings is 2. The number of para-hydroxylation sites is 1. The number of carboxylic acids is 1. The third kappa shape index (κ3) is 3.85. The minimum Gasteiger partial charge on any atom is -0.478 e. The van der Waals surface area contributed by atoms with Gasteiger partial charge in [-0.15, -0.1) is 0 Å². The number of aryl methyl sites for hydroxylation is 1. The zero-order valence-corrected chi connectivity index (χ0v) is 19.1. The Balaban J connectivity index is 1.80. The molecule has 1 aliphatic rings. The maximum atomic E-state index is 13.3. The Hall–Kier alpha value is -4.04. The molecule has 0 radical (unpaired) electrons. The summed E-state index contributed by atoms with van der Waals surface area (Å²) in [5.74, 6) is -1.98. The van der Waals surface area contributed by atoms with Gasteiger partial charge < -0.3 is 9.67 Å². The van der Waals surface area contributed by atoms with Gasteiger partial charge in [0.05, 0.1) is 11.3 Å². The summed E-state index contributed by atoms with van der Waals surface area (Å²) in [7, 11) is 1.54. The molecule has 0 unspecified atom stereocenters. The summed E-state index contributed by atoms with van der Waals surface area (Å²) in [6.07, 6.45) is 1.57. The van der Waals surface area contributed by atoms with Crippen LogP contribution in [0.3, 0.4) is 0 Å². The second-order valence-corrected chi connectivity index (χ2v) is 8.06. The van der Waals surface area contributed by atoms with E-state index in [0.717, 1.165) is 11.4 Å². The van der Waals surface area contributed by atoms with Gasteiger partial charge in [-0.05, 0) is 74.1 Å². The lowest BCUT2D eigenvalue weighted by Gasteiger charge is -2.34. The van der Waals surface area contributed by atoms with Crippen LogP contribution in [0.2, 0.25) is 0 Å². The van der Waals surface area contributed by atoms with Crippen LogP contribution in [0.4, 0.5) is 5.69 Å². The van der Waals surface area contributed by atoms with Crippen molar-refractivity contribution in [1.82, 2.24) is 9.47 Å². The molecule has 2 heterocycles. The number of carboxylic acid groups (broad SMARTS) is 1. The average molecular weight is 460 g/mol. The Kier molecular flexibility index (Phi) is 5.69. The van der Waals surface area contributed by atoms with E-state index in [-0.39, 0.29) is 16.2 Å². The first-order valence-corrected chi connectivity index (χ1v) is 10.6. The summed E-state index contributed by atoms with van der Waals surface area (Å²) in [6, 6.07) is 17.4. The third-order valence-corrected chi connectivity index (χ3v) is 6.04. The van der Waals surface area contributed by atoms with Crippen LogP contribution in [0, 0.1) is 13.8 Å². The summed E-state index contributed by atoms with van der Waals surface area (Å²) in [4.78, 5) is 40.3. The van der Waals surface area contributed by atoms with Crippen molar-refractivity contribution >= 4 is 46.9 Å². The minimum absolute atomic E-state index is 0.00510. The molecule has 33 heavy (non-hydrogen) atoms. The van der Waals surface area contributed by atoms with Gasteiger partial charge in [0, 0.05) is 24.1 Å². The number of likely N-dealkylation sites (N-methyl/N-ethyl adjacent to an activating group) is 1. The Morgan fingerprint density at radius 1 is 0.939 bits per heavy atom. The minimum atomic E-state index is -1.01. The molecule has 7 nitrogen and oxygen atoms in total. The molecule has 1 fully saturated rings. The number of amides is 2. The Bertz CT molecular complexity index is 1340. The number of aromatic nitrogens is 1. The number of hydrogen-bond donors (Lipinski definition) is 1. The van der Waals surface area contributed by atoms with Crippen molar-refractivity contribution in [2.45, 2.75) is 13.8 Å². The van der Waals surface area contributed by atoms with E-state index in [1.54, 1.807) is 49.5 Å². The van der Waals surface area contributed by atoms with E-state index in [2.05, 4.69) is 0 Å². The SMILES string of the molecule is Cc1cc(/C=C2\C(=O)N(C)C(=S)N(c3ccccc3)C2=O)c(C)n1-c1cccc(C(=O)O)c1. The Labute approximate surface area is 196 Å². The molecule has 1 saturated heterocycles. The highest BCUT2D eigenvalue weighted by Gasteiger charge is 2.38. The smallest absolute Gasteiger partial charge is 0.335 e. The van der Waals surface area contributed by atoms with E-state index in [9.17, 15) is 19.5 Å². The van der Waals surface area contributed by atoms with Crippen LogP contribution in [-0.2, 0) is 9.59 Å². The van der Waals surface area contributed by atoms with Crippen molar-refractivity contribution in [1.29, 1.82) is 0 Å². The first-order chi connectivity index (χ1) is 15.7. The van der Waals surface area contributed by atoms with Crippen LogP contribution in [0.1, 0.15) is 27.3 Å². The quantitative estimate of drug-likeness (QED) is 0.363. The van der Waals surface area contributed by atoms with Gasteiger partial charge in [-0.2, -0.15) is 0 Å². The number of aromatic carboxylic acids is 1. The van der Waals surface area contributed by atoms with E-state index in [4.69, 9.17) is 12.2 Å². The van der Waals surface area contributed by atoms with Gasteiger partial charge in [0.1, 0.15) is 5.57 Å². The molecule has 0 bridgehead atoms. The molecule has 8 heteroatoms. The molecule has 1 N–H and O–H groups in total. The fraction of sp³-hybridized carbons (Fsp3) is 0.120. The van der Waals surface area contributed by atoms with Gasteiger partial charge in [-0.25, -0.2) is 4.79 Å². The fourth-order valence-electron chi connectivity index (χ4n) is 3.91. The first kappa shape index (κ1) is 22.2. The number of nitrogens with zero attached hydrogens (tertiary/aromatic N) is 3. The maximum Gasteiger partial charge on any atom is 0.335 e. The van der Waals surface area contributed by atoms with Crippen molar-refractivity contribution in [2.75, 3.05) is 11.9 Å². The molecular weight excluding hydrogens is 438 g/mol. The molecule has 0 saturated carbocycles. The maximum absolute atomic E-state index is 13.3. The molecule has 2 aromatic carbocycles. The second kappa shape index (κ2) is 8.48. The predicted octanol–water partition coefficient (Wildman–Crippen LogP) is 3.97. The lowest BCUT2D eigenvalue weighted by atomic mass is 10.1. The van der Waals surface area contributed by atoms with Crippen LogP contribution in [0.25, 0.3) is 11.8 Å². The number of carbonyl (C=O) groups is 3. The van der Waals surface area contributed by atoms with E-state index in [1.165, 1.54) is 15.9 Å². The highest BCUT2D eigenvalue weighted by Crippen LogP contribution is 2.28. The zero-order chi connectivity index (χ0) is 23.9. The van der Waals surface area contributed by atoms with E-state index in [1.807, 2.05) is 36.6 Å². The van der Waals surface area contributed by atoms with E-state index in [0.29, 0.717) is 16.9 Å². The molecule has 0 atom stereocenters. The van der Waals surface area contributed by atoms with Gasteiger partial charge in [0.25, 0.3) is 11.8 Å². The zero-order valence-electron chi connectivity index (χ0n) is 18.3. The van der Waals surface area contributed by atoms with E-state index >= 15 is 0 Å². The van der Waals surface area contributed by atoms with Crippen LogP contribution in [0.15, 0.2) is 66.2 Å². The lowest BCUT2D eigenvalue weighted by Crippen LogP contribution is -2.54.